The molecule has 3 aromatic heterocycles. The number of anilines is 1. The molecule has 33 heavy (non-hydrogen) atoms. The predicted molar refractivity (Wildman–Crippen MR) is 123 cm³/mol. The number of imidazole rings is 1. The third-order valence-electron chi connectivity index (χ3n) is 5.15. The van der Waals surface area contributed by atoms with E-state index in [0.29, 0.717) is 35.9 Å². The molecule has 3 heterocycles. The summed E-state index contributed by atoms with van der Waals surface area (Å²) in [5.74, 6) is 0.789. The van der Waals surface area contributed by atoms with Crippen LogP contribution in [0.2, 0.25) is 0 Å². The van der Waals surface area contributed by atoms with E-state index in [2.05, 4.69) is 25.4 Å². The molecule has 0 bridgehead atoms. The molecule has 2 aromatic carbocycles. The van der Waals surface area contributed by atoms with E-state index in [1.807, 2.05) is 71.4 Å². The van der Waals surface area contributed by atoms with E-state index in [0.717, 1.165) is 16.7 Å². The monoisotopic (exact) mass is 436 g/mol. The molecule has 0 unspecified atom stereocenters. The molecule has 0 fully saturated rings. The summed E-state index contributed by atoms with van der Waals surface area (Å²) in [6.07, 6.45) is 9.18. The van der Waals surface area contributed by atoms with Crippen LogP contribution in [0.15, 0.2) is 96.3 Å². The lowest BCUT2D eigenvalue weighted by atomic mass is 10.1. The maximum atomic E-state index is 12.9. The van der Waals surface area contributed by atoms with Gasteiger partial charge in [-0.05, 0) is 41.5 Å². The SMILES string of the molecule is O=C(Nc1ccccc1Cc1nc(-c2ccncc2)no1)c1ccc(Cn2ccnc2)cc1. The number of carbonyl (C=O) groups excluding carboxylic acids is 1. The topological polar surface area (TPSA) is 98.7 Å². The fourth-order valence-electron chi connectivity index (χ4n) is 3.45. The molecular weight excluding hydrogens is 416 g/mol. The first-order valence-electron chi connectivity index (χ1n) is 10.4. The Kier molecular flexibility index (Phi) is 5.71. The number of rotatable bonds is 7. The van der Waals surface area contributed by atoms with Gasteiger partial charge in [0.2, 0.25) is 11.7 Å². The van der Waals surface area contributed by atoms with Crippen molar-refractivity contribution in [1.82, 2.24) is 24.7 Å². The third kappa shape index (κ3) is 4.85. The van der Waals surface area contributed by atoms with Crippen LogP contribution in [0.3, 0.4) is 0 Å². The van der Waals surface area contributed by atoms with E-state index in [-0.39, 0.29) is 5.91 Å². The van der Waals surface area contributed by atoms with Gasteiger partial charge in [0.15, 0.2) is 0 Å². The Morgan fingerprint density at radius 3 is 2.55 bits per heavy atom. The van der Waals surface area contributed by atoms with Gasteiger partial charge >= 0.3 is 0 Å². The van der Waals surface area contributed by atoms with Crippen molar-refractivity contribution in [3.8, 4) is 11.4 Å². The Balaban J connectivity index is 1.28. The Bertz CT molecular complexity index is 1350. The minimum atomic E-state index is -0.181. The number of carbonyl (C=O) groups is 1. The summed E-state index contributed by atoms with van der Waals surface area (Å²) < 4.78 is 7.40. The van der Waals surface area contributed by atoms with E-state index in [1.54, 1.807) is 24.9 Å². The lowest BCUT2D eigenvalue weighted by molar-refractivity contribution is 0.102. The molecule has 0 saturated heterocycles. The Hall–Kier alpha value is -4.59. The van der Waals surface area contributed by atoms with Crippen molar-refractivity contribution in [2.24, 2.45) is 0 Å². The highest BCUT2D eigenvalue weighted by molar-refractivity contribution is 6.04. The number of amides is 1. The van der Waals surface area contributed by atoms with Crippen LogP contribution in [0.25, 0.3) is 11.4 Å². The highest BCUT2D eigenvalue weighted by atomic mass is 16.5. The Labute approximate surface area is 190 Å². The number of aromatic nitrogens is 5. The van der Waals surface area contributed by atoms with Gasteiger partial charge in [0.25, 0.3) is 5.91 Å². The fourth-order valence-corrected chi connectivity index (χ4v) is 3.45. The smallest absolute Gasteiger partial charge is 0.255 e. The van der Waals surface area contributed by atoms with Crippen molar-refractivity contribution in [3.63, 3.8) is 0 Å². The van der Waals surface area contributed by atoms with Crippen LogP contribution in [0.1, 0.15) is 27.4 Å². The van der Waals surface area contributed by atoms with Crippen molar-refractivity contribution >= 4 is 11.6 Å². The molecule has 0 aliphatic carbocycles. The van der Waals surface area contributed by atoms with Gasteiger partial charge in [0, 0.05) is 48.1 Å². The largest absolute Gasteiger partial charge is 0.339 e. The average Bonchev–Trinajstić information content (AvgIpc) is 3.54. The van der Waals surface area contributed by atoms with E-state index in [4.69, 9.17) is 4.52 Å². The van der Waals surface area contributed by atoms with Gasteiger partial charge in [0.1, 0.15) is 0 Å². The van der Waals surface area contributed by atoms with Gasteiger partial charge in [0.05, 0.1) is 12.7 Å². The molecule has 5 rings (SSSR count). The number of hydrogen-bond acceptors (Lipinski definition) is 6. The molecule has 8 nitrogen and oxygen atoms in total. The molecule has 0 aliphatic heterocycles. The lowest BCUT2D eigenvalue weighted by Gasteiger charge is -2.10. The van der Waals surface area contributed by atoms with E-state index < -0.39 is 0 Å². The molecule has 0 radical (unpaired) electrons. The highest BCUT2D eigenvalue weighted by Crippen LogP contribution is 2.21. The molecular formula is C25H20N6O2. The second-order valence-corrected chi connectivity index (χ2v) is 7.47. The van der Waals surface area contributed by atoms with Crippen LogP contribution in [0, 0.1) is 0 Å². The van der Waals surface area contributed by atoms with Crippen LogP contribution in [0.4, 0.5) is 5.69 Å². The third-order valence-corrected chi connectivity index (χ3v) is 5.15. The van der Waals surface area contributed by atoms with Gasteiger partial charge < -0.3 is 14.4 Å². The molecule has 0 spiro atoms. The van der Waals surface area contributed by atoms with Crippen LogP contribution in [-0.2, 0) is 13.0 Å². The molecule has 162 valence electrons. The zero-order chi connectivity index (χ0) is 22.5. The number of nitrogens with zero attached hydrogens (tertiary/aromatic N) is 5. The first kappa shape index (κ1) is 20.3. The maximum Gasteiger partial charge on any atom is 0.255 e. The quantitative estimate of drug-likeness (QED) is 0.410. The second kappa shape index (κ2) is 9.27. The number of para-hydroxylation sites is 1. The number of nitrogens with one attached hydrogen (secondary N) is 1. The van der Waals surface area contributed by atoms with E-state index in [1.165, 1.54) is 0 Å². The molecule has 1 amide bonds. The van der Waals surface area contributed by atoms with Crippen molar-refractivity contribution in [3.05, 3.63) is 114 Å². The maximum absolute atomic E-state index is 12.9. The summed E-state index contributed by atoms with van der Waals surface area (Å²) in [6.45, 7) is 0.705. The van der Waals surface area contributed by atoms with Crippen molar-refractivity contribution < 1.29 is 9.32 Å². The summed E-state index contributed by atoms with van der Waals surface area (Å²) in [7, 11) is 0. The van der Waals surface area contributed by atoms with Gasteiger partial charge in [-0.3, -0.25) is 9.78 Å². The summed E-state index contributed by atoms with van der Waals surface area (Å²) >= 11 is 0. The summed E-state index contributed by atoms with van der Waals surface area (Å²) in [5, 5.41) is 7.05. The molecule has 0 atom stereocenters. The molecule has 0 aliphatic rings. The standard InChI is InChI=1S/C25H20N6O2/c32-25(20-7-5-18(6-8-20)16-31-14-13-27-17-31)28-22-4-2-1-3-21(22)15-23-29-24(30-33-23)19-9-11-26-12-10-19/h1-14,17H,15-16H2,(H,28,32). The molecule has 5 aromatic rings. The number of benzene rings is 2. The molecule has 0 saturated carbocycles. The normalized spacial score (nSPS) is 10.8. The molecule has 1 N–H and O–H groups in total. The van der Waals surface area contributed by atoms with E-state index in [9.17, 15) is 4.79 Å². The summed E-state index contributed by atoms with van der Waals surface area (Å²) in [4.78, 5) is 25.4. The van der Waals surface area contributed by atoms with Crippen molar-refractivity contribution in [2.45, 2.75) is 13.0 Å². The lowest BCUT2D eigenvalue weighted by Crippen LogP contribution is -2.13. The van der Waals surface area contributed by atoms with Crippen LogP contribution < -0.4 is 5.32 Å². The molecule has 8 heteroatoms. The zero-order valence-corrected chi connectivity index (χ0v) is 17.6. The first-order valence-corrected chi connectivity index (χ1v) is 10.4. The van der Waals surface area contributed by atoms with Gasteiger partial charge in [-0.1, -0.05) is 35.5 Å². The number of hydrogen-bond donors (Lipinski definition) is 1. The van der Waals surface area contributed by atoms with Crippen LogP contribution in [0.5, 0.6) is 0 Å². The summed E-state index contributed by atoms with van der Waals surface area (Å²) in [5.41, 5.74) is 4.09. The summed E-state index contributed by atoms with van der Waals surface area (Å²) in [6, 6.07) is 18.8. The minimum Gasteiger partial charge on any atom is -0.339 e. The Morgan fingerprint density at radius 2 is 1.76 bits per heavy atom. The predicted octanol–water partition coefficient (Wildman–Crippen LogP) is 4.22. The van der Waals surface area contributed by atoms with Gasteiger partial charge in [-0.25, -0.2) is 4.98 Å². The fraction of sp³-hybridized carbons (Fsp3) is 0.0800. The zero-order valence-electron chi connectivity index (χ0n) is 17.6. The Morgan fingerprint density at radius 1 is 0.939 bits per heavy atom. The van der Waals surface area contributed by atoms with Crippen LogP contribution in [-0.4, -0.2) is 30.6 Å². The highest BCUT2D eigenvalue weighted by Gasteiger charge is 2.13. The first-order chi connectivity index (χ1) is 16.2. The second-order valence-electron chi connectivity index (χ2n) is 7.47. The number of pyridine rings is 1. The van der Waals surface area contributed by atoms with Crippen LogP contribution >= 0.6 is 0 Å². The minimum absolute atomic E-state index is 0.181. The van der Waals surface area contributed by atoms with E-state index >= 15 is 0 Å². The van der Waals surface area contributed by atoms with Gasteiger partial charge in [-0.2, -0.15) is 4.98 Å². The van der Waals surface area contributed by atoms with Crippen molar-refractivity contribution in [2.75, 3.05) is 5.32 Å². The average molecular weight is 436 g/mol. The van der Waals surface area contributed by atoms with Gasteiger partial charge in [-0.15, -0.1) is 0 Å². The van der Waals surface area contributed by atoms with Crippen molar-refractivity contribution in [1.29, 1.82) is 0 Å².